The quantitative estimate of drug-likeness (QED) is 0.711. The van der Waals surface area contributed by atoms with Crippen molar-refractivity contribution >= 4 is 22.0 Å². The van der Waals surface area contributed by atoms with Gasteiger partial charge in [-0.2, -0.15) is 8.42 Å². The first-order valence-electron chi connectivity index (χ1n) is 6.05. The highest BCUT2D eigenvalue weighted by Gasteiger charge is 2.15. The third kappa shape index (κ3) is 5.72. The van der Waals surface area contributed by atoms with Crippen molar-refractivity contribution in [2.45, 2.75) is 13.8 Å². The number of aliphatic hydroxyl groups excluding tert-OH is 1. The van der Waals surface area contributed by atoms with Crippen molar-refractivity contribution in [2.75, 3.05) is 17.9 Å². The van der Waals surface area contributed by atoms with Crippen LogP contribution < -0.4 is 9.44 Å². The number of benzene rings is 1. The normalized spacial score (nSPS) is 10.2. The minimum absolute atomic E-state index is 0.0681. The van der Waals surface area contributed by atoms with Gasteiger partial charge in [0.1, 0.15) is 6.61 Å². The molecule has 0 aliphatic heterocycles. The summed E-state index contributed by atoms with van der Waals surface area (Å²) in [6.07, 6.45) is -1.05. The van der Waals surface area contributed by atoms with Gasteiger partial charge in [-0.3, -0.25) is 4.72 Å². The van der Waals surface area contributed by atoms with Gasteiger partial charge in [0.05, 0.1) is 12.3 Å². The maximum absolute atomic E-state index is 11.7. The van der Waals surface area contributed by atoms with Crippen LogP contribution in [0, 0.1) is 18.8 Å². The fraction of sp³-hybridized carbons (Fsp3) is 0.308. The van der Waals surface area contributed by atoms with E-state index < -0.39 is 16.3 Å². The van der Waals surface area contributed by atoms with Crippen molar-refractivity contribution in [2.24, 2.45) is 0 Å². The average molecular weight is 312 g/mol. The highest BCUT2D eigenvalue weighted by Crippen LogP contribution is 2.15. The summed E-state index contributed by atoms with van der Waals surface area (Å²) in [5.41, 5.74) is 1.68. The van der Waals surface area contributed by atoms with Crippen molar-refractivity contribution in [1.82, 2.24) is 4.72 Å². The fourth-order valence-corrected chi connectivity index (χ4v) is 2.22. The topological polar surface area (TPSA) is 105 Å². The number of hydrogen-bond acceptors (Lipinski definition) is 5. The van der Waals surface area contributed by atoms with E-state index in [1.54, 1.807) is 30.7 Å². The number of nitrogens with one attached hydrogen (secondary N) is 2. The van der Waals surface area contributed by atoms with Gasteiger partial charge in [0.2, 0.25) is 0 Å². The van der Waals surface area contributed by atoms with E-state index in [-0.39, 0.29) is 18.9 Å². The Balaban J connectivity index is 2.84. The van der Waals surface area contributed by atoms with Gasteiger partial charge in [0, 0.05) is 5.56 Å². The van der Waals surface area contributed by atoms with Crippen LogP contribution in [0.25, 0.3) is 0 Å². The van der Waals surface area contributed by atoms with Crippen LogP contribution in [0.5, 0.6) is 0 Å². The molecule has 0 aliphatic carbocycles. The summed E-state index contributed by atoms with van der Waals surface area (Å²) >= 11 is 0. The van der Waals surface area contributed by atoms with Crippen LogP contribution in [0.15, 0.2) is 18.2 Å². The molecule has 1 rings (SSSR count). The fourth-order valence-electron chi connectivity index (χ4n) is 1.45. The zero-order chi connectivity index (χ0) is 15.9. The van der Waals surface area contributed by atoms with E-state index >= 15 is 0 Å². The predicted molar refractivity (Wildman–Crippen MR) is 77.8 cm³/mol. The van der Waals surface area contributed by atoms with Gasteiger partial charge in [-0.1, -0.05) is 11.8 Å². The Kier molecular flexibility index (Phi) is 6.02. The lowest BCUT2D eigenvalue weighted by atomic mass is 10.1. The lowest BCUT2D eigenvalue weighted by molar-refractivity contribution is 0.159. The molecule has 0 aliphatic rings. The molecule has 114 valence electrons. The van der Waals surface area contributed by atoms with Gasteiger partial charge >= 0.3 is 16.3 Å². The molecule has 1 aromatic carbocycles. The minimum Gasteiger partial charge on any atom is -0.449 e. The maximum atomic E-state index is 11.7. The number of aryl methyl sites for hydroxylation is 1. The second-order valence-corrected chi connectivity index (χ2v) is 5.33. The van der Waals surface area contributed by atoms with Gasteiger partial charge in [-0.15, -0.1) is 0 Å². The van der Waals surface area contributed by atoms with Crippen molar-refractivity contribution in [3.63, 3.8) is 0 Å². The summed E-state index contributed by atoms with van der Waals surface area (Å²) in [5, 5.41) is 8.64. The van der Waals surface area contributed by atoms with Gasteiger partial charge in [0.25, 0.3) is 0 Å². The first-order chi connectivity index (χ1) is 9.88. The van der Waals surface area contributed by atoms with Crippen LogP contribution in [0.2, 0.25) is 0 Å². The molecule has 0 saturated heterocycles. The van der Waals surface area contributed by atoms with E-state index in [4.69, 9.17) is 5.11 Å². The Labute approximate surface area is 123 Å². The molecule has 0 bridgehead atoms. The van der Waals surface area contributed by atoms with Crippen LogP contribution in [-0.2, 0) is 14.9 Å². The summed E-state index contributed by atoms with van der Waals surface area (Å²) < 4.78 is 31.7. The molecule has 3 N–H and O–H groups in total. The molecule has 0 radical (unpaired) electrons. The molecule has 0 fully saturated rings. The number of hydrogen-bond donors (Lipinski definition) is 3. The number of rotatable bonds is 4. The van der Waals surface area contributed by atoms with Gasteiger partial charge in [-0.05, 0) is 37.6 Å². The molecule has 0 heterocycles. The first-order valence-corrected chi connectivity index (χ1v) is 7.54. The monoisotopic (exact) mass is 312 g/mol. The Bertz CT molecular complexity index is 674. The summed E-state index contributed by atoms with van der Waals surface area (Å²) in [7, 11) is -4.05. The van der Waals surface area contributed by atoms with Gasteiger partial charge < -0.3 is 9.84 Å². The number of anilines is 1. The van der Waals surface area contributed by atoms with Crippen molar-refractivity contribution in [3.8, 4) is 11.8 Å². The molecule has 1 aromatic rings. The second-order valence-electron chi connectivity index (χ2n) is 3.92. The molecule has 0 atom stereocenters. The van der Waals surface area contributed by atoms with Crippen LogP contribution >= 0.6 is 0 Å². The summed E-state index contributed by atoms with van der Waals surface area (Å²) in [6, 6.07) is 4.67. The zero-order valence-electron chi connectivity index (χ0n) is 11.6. The number of ether oxygens (including phenoxy) is 1. The molecule has 8 heteroatoms. The Morgan fingerprint density at radius 3 is 2.71 bits per heavy atom. The molecule has 0 saturated carbocycles. The van der Waals surface area contributed by atoms with Crippen LogP contribution in [0.4, 0.5) is 10.5 Å². The summed E-state index contributed by atoms with van der Waals surface area (Å²) in [6.45, 7) is 3.13. The minimum atomic E-state index is -4.05. The third-order valence-electron chi connectivity index (χ3n) is 2.27. The lowest BCUT2D eigenvalue weighted by Crippen LogP contribution is -2.35. The SMILES string of the molecule is CCOC(=O)NS(=O)(=O)Nc1ccc(C#CCO)c(C)c1. The van der Waals surface area contributed by atoms with Crippen molar-refractivity contribution in [1.29, 1.82) is 0 Å². The van der Waals surface area contributed by atoms with Crippen LogP contribution in [0.1, 0.15) is 18.1 Å². The lowest BCUT2D eigenvalue weighted by Gasteiger charge is -2.10. The standard InChI is InChI=1S/C13H16N2O5S/c1-3-20-13(17)15-21(18,19)14-12-7-6-11(5-4-8-16)10(2)9-12/h6-7,9,14,16H,3,8H2,1-2H3,(H,15,17). The molecule has 0 spiro atoms. The smallest absolute Gasteiger partial charge is 0.422 e. The molecular weight excluding hydrogens is 296 g/mol. The predicted octanol–water partition coefficient (Wildman–Crippen LogP) is 0.742. The molecule has 21 heavy (non-hydrogen) atoms. The van der Waals surface area contributed by atoms with Crippen molar-refractivity contribution < 1.29 is 23.1 Å². The molecule has 0 aromatic heterocycles. The average Bonchev–Trinajstić information content (AvgIpc) is 2.36. The molecular formula is C13H16N2O5S. The first kappa shape index (κ1) is 16.8. The van der Waals surface area contributed by atoms with E-state index in [0.29, 0.717) is 5.56 Å². The second kappa shape index (κ2) is 7.52. The number of carbonyl (C=O) groups excluding carboxylic acids is 1. The van der Waals surface area contributed by atoms with Crippen molar-refractivity contribution in [3.05, 3.63) is 29.3 Å². The van der Waals surface area contributed by atoms with Gasteiger partial charge in [-0.25, -0.2) is 9.52 Å². The Morgan fingerprint density at radius 1 is 1.43 bits per heavy atom. The maximum Gasteiger partial charge on any atom is 0.422 e. The summed E-state index contributed by atoms with van der Waals surface area (Å²) in [5.74, 6) is 5.24. The zero-order valence-corrected chi connectivity index (χ0v) is 12.5. The molecule has 7 nitrogen and oxygen atoms in total. The highest BCUT2D eigenvalue weighted by molar-refractivity contribution is 7.91. The Morgan fingerprint density at radius 2 is 2.14 bits per heavy atom. The summed E-state index contributed by atoms with van der Waals surface area (Å²) in [4.78, 5) is 11.1. The highest BCUT2D eigenvalue weighted by atomic mass is 32.2. The van der Waals surface area contributed by atoms with Crippen LogP contribution in [0.3, 0.4) is 0 Å². The van der Waals surface area contributed by atoms with E-state index in [1.807, 2.05) is 0 Å². The number of carbonyl (C=O) groups is 1. The van der Waals surface area contributed by atoms with E-state index in [0.717, 1.165) is 5.56 Å². The largest absolute Gasteiger partial charge is 0.449 e. The molecule has 0 unspecified atom stereocenters. The van der Waals surface area contributed by atoms with Gasteiger partial charge in [0.15, 0.2) is 0 Å². The van der Waals surface area contributed by atoms with E-state index in [2.05, 4.69) is 21.3 Å². The molecule has 1 amide bonds. The number of amides is 1. The number of aliphatic hydroxyl groups is 1. The Hall–Kier alpha value is -2.24. The van der Waals surface area contributed by atoms with E-state index in [9.17, 15) is 13.2 Å². The van der Waals surface area contributed by atoms with Crippen LogP contribution in [-0.4, -0.2) is 32.8 Å². The third-order valence-corrected chi connectivity index (χ3v) is 3.21. The van der Waals surface area contributed by atoms with E-state index in [1.165, 1.54) is 6.07 Å².